The fraction of sp³-hybridized carbons (Fsp3) is 0.567. The number of rotatable bonds is 5. The van der Waals surface area contributed by atoms with E-state index in [0.717, 1.165) is 87.0 Å². The molecule has 3 saturated heterocycles. The number of benzene rings is 1. The number of hydrogen-bond donors (Lipinski definition) is 1. The molecule has 11 heteroatoms. The SMILES string of the molecule is COc1cc(Nc2nc(N3CCC4(CCN(C(=O)OC(C)(C)C)C4)CC3)c3occc3n2)ccc1N1CCOCC1. The Morgan fingerprint density at radius 3 is 2.49 bits per heavy atom. The molecule has 1 aromatic carbocycles. The highest BCUT2D eigenvalue weighted by molar-refractivity contribution is 5.86. The standard InChI is InChI=1S/C30H40N6O5/c1-29(2,3)41-28(37)36-13-10-30(20-36)8-11-35(12-9-30)26-25-22(7-16-40-25)32-27(33-26)31-21-5-6-23(24(19-21)38-4)34-14-17-39-18-15-34/h5-7,16,19H,8-15,17-18,20H2,1-4H3,(H,31,32,33). The van der Waals surface area contributed by atoms with Gasteiger partial charge in [-0.2, -0.15) is 4.98 Å². The molecule has 1 amide bonds. The molecule has 0 aliphatic carbocycles. The van der Waals surface area contributed by atoms with Gasteiger partial charge in [-0.1, -0.05) is 0 Å². The second-order valence-corrected chi connectivity index (χ2v) is 12.3. The van der Waals surface area contributed by atoms with E-state index >= 15 is 0 Å². The van der Waals surface area contributed by atoms with Crippen LogP contribution in [0.15, 0.2) is 34.9 Å². The molecule has 0 radical (unpaired) electrons. The summed E-state index contributed by atoms with van der Waals surface area (Å²) in [6.07, 6.45) is 4.39. The summed E-state index contributed by atoms with van der Waals surface area (Å²) >= 11 is 0. The molecule has 6 rings (SSSR count). The van der Waals surface area contributed by atoms with Crippen molar-refractivity contribution in [2.24, 2.45) is 5.41 Å². The van der Waals surface area contributed by atoms with Gasteiger partial charge in [-0.25, -0.2) is 9.78 Å². The number of amides is 1. The third-order valence-corrected chi connectivity index (χ3v) is 8.29. The molecular weight excluding hydrogens is 524 g/mol. The van der Waals surface area contributed by atoms with Crippen LogP contribution in [0.5, 0.6) is 5.75 Å². The van der Waals surface area contributed by atoms with Gasteiger partial charge in [0.25, 0.3) is 0 Å². The van der Waals surface area contributed by atoms with Crippen molar-refractivity contribution in [2.45, 2.75) is 45.6 Å². The van der Waals surface area contributed by atoms with E-state index in [4.69, 9.17) is 28.6 Å². The number of methoxy groups -OCH3 is 1. The van der Waals surface area contributed by atoms with E-state index in [1.54, 1.807) is 13.4 Å². The zero-order chi connectivity index (χ0) is 28.6. The van der Waals surface area contributed by atoms with Crippen LogP contribution in [0.4, 0.5) is 27.9 Å². The maximum absolute atomic E-state index is 12.7. The van der Waals surface area contributed by atoms with Gasteiger partial charge in [-0.15, -0.1) is 0 Å². The van der Waals surface area contributed by atoms with Crippen LogP contribution in [0, 0.1) is 5.41 Å². The number of nitrogens with zero attached hydrogens (tertiary/aromatic N) is 5. The number of morpholine rings is 1. The predicted molar refractivity (Wildman–Crippen MR) is 157 cm³/mol. The molecule has 220 valence electrons. The van der Waals surface area contributed by atoms with Gasteiger partial charge in [0.1, 0.15) is 16.9 Å². The molecule has 3 aromatic rings. The van der Waals surface area contributed by atoms with Gasteiger partial charge in [0.15, 0.2) is 11.4 Å². The third-order valence-electron chi connectivity index (χ3n) is 8.29. The number of anilines is 4. The number of nitrogens with one attached hydrogen (secondary N) is 1. The van der Waals surface area contributed by atoms with Crippen molar-refractivity contribution in [3.63, 3.8) is 0 Å². The highest BCUT2D eigenvalue weighted by Gasteiger charge is 2.43. The summed E-state index contributed by atoms with van der Waals surface area (Å²) < 4.78 is 22.7. The Bertz CT molecular complexity index is 1390. The highest BCUT2D eigenvalue weighted by Crippen LogP contribution is 2.42. The lowest BCUT2D eigenvalue weighted by atomic mass is 9.78. The van der Waals surface area contributed by atoms with E-state index in [1.807, 2.05) is 43.9 Å². The fourth-order valence-electron chi connectivity index (χ4n) is 6.09. The van der Waals surface area contributed by atoms with Gasteiger partial charge in [0.05, 0.1) is 32.3 Å². The number of carbonyl (C=O) groups is 1. The second kappa shape index (κ2) is 10.9. The largest absolute Gasteiger partial charge is 0.495 e. The first-order valence-corrected chi connectivity index (χ1v) is 14.5. The fourth-order valence-corrected chi connectivity index (χ4v) is 6.09. The monoisotopic (exact) mass is 564 g/mol. The number of aromatic nitrogens is 2. The Labute approximate surface area is 240 Å². The molecule has 0 bridgehead atoms. The number of carbonyl (C=O) groups excluding carboxylic acids is 1. The molecule has 11 nitrogen and oxygen atoms in total. The molecule has 41 heavy (non-hydrogen) atoms. The predicted octanol–water partition coefficient (Wildman–Crippen LogP) is 5.04. The van der Waals surface area contributed by atoms with Crippen LogP contribution in [0.3, 0.4) is 0 Å². The summed E-state index contributed by atoms with van der Waals surface area (Å²) in [5, 5.41) is 3.38. The molecule has 1 spiro atoms. The lowest BCUT2D eigenvalue weighted by Gasteiger charge is -2.39. The van der Waals surface area contributed by atoms with E-state index in [2.05, 4.69) is 21.2 Å². The minimum absolute atomic E-state index is 0.114. The number of hydrogen-bond acceptors (Lipinski definition) is 10. The normalized spacial score (nSPS) is 19.2. The summed E-state index contributed by atoms with van der Waals surface area (Å²) in [7, 11) is 1.69. The Kier molecular flexibility index (Phi) is 7.31. The van der Waals surface area contributed by atoms with Gasteiger partial charge in [-0.05, 0) is 57.6 Å². The Morgan fingerprint density at radius 1 is 1.00 bits per heavy atom. The van der Waals surface area contributed by atoms with Crippen LogP contribution < -0.4 is 19.9 Å². The zero-order valence-corrected chi connectivity index (χ0v) is 24.4. The quantitative estimate of drug-likeness (QED) is 0.453. The van der Waals surface area contributed by atoms with Crippen molar-refractivity contribution in [2.75, 3.05) is 74.7 Å². The summed E-state index contributed by atoms with van der Waals surface area (Å²) in [6.45, 7) is 12.0. The number of fused-ring (bicyclic) bond motifs is 1. The van der Waals surface area contributed by atoms with Crippen LogP contribution in [0.25, 0.3) is 11.1 Å². The minimum Gasteiger partial charge on any atom is -0.495 e. The van der Waals surface area contributed by atoms with Crippen LogP contribution in [-0.4, -0.2) is 86.2 Å². The first-order chi connectivity index (χ1) is 19.7. The van der Waals surface area contributed by atoms with Crippen molar-refractivity contribution in [3.05, 3.63) is 30.5 Å². The summed E-state index contributed by atoms with van der Waals surface area (Å²) in [4.78, 5) is 28.7. The van der Waals surface area contributed by atoms with E-state index in [9.17, 15) is 4.79 Å². The summed E-state index contributed by atoms with van der Waals surface area (Å²) in [5.74, 6) is 2.09. The Balaban J connectivity index is 1.16. The number of ether oxygens (including phenoxy) is 3. The van der Waals surface area contributed by atoms with Crippen molar-refractivity contribution in [1.29, 1.82) is 0 Å². The molecule has 5 heterocycles. The third kappa shape index (κ3) is 5.86. The van der Waals surface area contributed by atoms with Crippen molar-refractivity contribution < 1.29 is 23.4 Å². The van der Waals surface area contributed by atoms with Crippen molar-refractivity contribution in [3.8, 4) is 5.75 Å². The van der Waals surface area contributed by atoms with E-state index in [1.165, 1.54) is 0 Å². The van der Waals surface area contributed by atoms with Crippen molar-refractivity contribution in [1.82, 2.24) is 14.9 Å². The van der Waals surface area contributed by atoms with Gasteiger partial charge in [0, 0.05) is 57.1 Å². The summed E-state index contributed by atoms with van der Waals surface area (Å²) in [6, 6.07) is 7.94. The number of furan rings is 1. The highest BCUT2D eigenvalue weighted by atomic mass is 16.6. The average molecular weight is 565 g/mol. The topological polar surface area (TPSA) is 105 Å². The minimum atomic E-state index is -0.487. The van der Waals surface area contributed by atoms with Crippen LogP contribution in [-0.2, 0) is 9.47 Å². The van der Waals surface area contributed by atoms with Crippen molar-refractivity contribution >= 4 is 40.3 Å². The first-order valence-electron chi connectivity index (χ1n) is 14.5. The maximum Gasteiger partial charge on any atom is 0.410 e. The maximum atomic E-state index is 12.7. The average Bonchev–Trinajstić information content (AvgIpc) is 3.60. The van der Waals surface area contributed by atoms with Crippen LogP contribution >= 0.6 is 0 Å². The van der Waals surface area contributed by atoms with Gasteiger partial charge >= 0.3 is 6.09 Å². The number of piperidine rings is 1. The molecule has 2 aromatic heterocycles. The lowest BCUT2D eigenvalue weighted by Crippen LogP contribution is -2.43. The zero-order valence-electron chi connectivity index (χ0n) is 24.4. The molecule has 0 unspecified atom stereocenters. The number of likely N-dealkylation sites (tertiary alicyclic amines) is 1. The Hall–Kier alpha value is -3.73. The molecule has 3 aliphatic rings. The smallest absolute Gasteiger partial charge is 0.410 e. The molecule has 3 fully saturated rings. The first kappa shape index (κ1) is 27.4. The van der Waals surface area contributed by atoms with Gasteiger partial charge in [0.2, 0.25) is 5.95 Å². The van der Waals surface area contributed by atoms with Gasteiger partial charge in [-0.3, -0.25) is 0 Å². The summed E-state index contributed by atoms with van der Waals surface area (Å²) in [5.41, 5.74) is 2.97. The van der Waals surface area contributed by atoms with E-state index in [-0.39, 0.29) is 11.5 Å². The Morgan fingerprint density at radius 2 is 1.76 bits per heavy atom. The van der Waals surface area contributed by atoms with E-state index < -0.39 is 5.60 Å². The molecule has 3 aliphatic heterocycles. The van der Waals surface area contributed by atoms with Gasteiger partial charge < -0.3 is 38.6 Å². The van der Waals surface area contributed by atoms with Crippen LogP contribution in [0.1, 0.15) is 40.0 Å². The molecular formula is C30H40N6O5. The van der Waals surface area contributed by atoms with Crippen LogP contribution in [0.2, 0.25) is 0 Å². The molecule has 0 atom stereocenters. The lowest BCUT2D eigenvalue weighted by molar-refractivity contribution is 0.0266. The molecule has 0 saturated carbocycles. The second-order valence-electron chi connectivity index (χ2n) is 12.3. The molecule has 1 N–H and O–H groups in total. The van der Waals surface area contributed by atoms with E-state index in [0.29, 0.717) is 24.7 Å².